The van der Waals surface area contributed by atoms with Crippen LogP contribution in [-0.4, -0.2) is 58.9 Å². The Balaban J connectivity index is 1.96. The van der Waals surface area contributed by atoms with E-state index in [1.54, 1.807) is 31.2 Å². The molecule has 0 aliphatic carbocycles. The first-order chi connectivity index (χ1) is 15.8. The van der Waals surface area contributed by atoms with E-state index in [0.717, 1.165) is 5.56 Å². The highest BCUT2D eigenvalue weighted by Gasteiger charge is 2.16. The molecule has 0 saturated carbocycles. The van der Waals surface area contributed by atoms with Crippen molar-refractivity contribution in [3.05, 3.63) is 35.9 Å². The molecule has 2 aromatic rings. The quantitative estimate of drug-likeness (QED) is 0.473. The van der Waals surface area contributed by atoms with E-state index in [9.17, 15) is 13.6 Å². The van der Waals surface area contributed by atoms with Crippen LogP contribution >= 0.6 is 0 Å². The van der Waals surface area contributed by atoms with Gasteiger partial charge in [-0.2, -0.15) is 8.78 Å². The van der Waals surface area contributed by atoms with Gasteiger partial charge in [0.2, 0.25) is 11.7 Å². The number of hydrogen-bond acceptors (Lipinski definition) is 7. The van der Waals surface area contributed by atoms with Crippen molar-refractivity contribution in [3.63, 3.8) is 0 Å². The van der Waals surface area contributed by atoms with Gasteiger partial charge in [0, 0.05) is 37.3 Å². The molecule has 0 bridgehead atoms. The highest BCUT2D eigenvalue weighted by atomic mass is 19.3. The Morgan fingerprint density at radius 1 is 1.00 bits per heavy atom. The van der Waals surface area contributed by atoms with Gasteiger partial charge in [-0.15, -0.1) is 0 Å². The largest absolute Gasteiger partial charge is 0.493 e. The summed E-state index contributed by atoms with van der Waals surface area (Å²) in [6.07, 6.45) is 0.234. The molecule has 2 aromatic carbocycles. The summed E-state index contributed by atoms with van der Waals surface area (Å²) in [5.41, 5.74) is 1.36. The van der Waals surface area contributed by atoms with Crippen molar-refractivity contribution in [2.24, 2.45) is 0 Å². The van der Waals surface area contributed by atoms with Crippen molar-refractivity contribution in [3.8, 4) is 28.7 Å². The van der Waals surface area contributed by atoms with Gasteiger partial charge in [-0.25, -0.2) is 0 Å². The SMILES string of the molecule is CCOc1cc(CN(C)CCC(=O)Nc2cc(OC)c(OC)c(OC)c2)ccc1OC(F)F. The maximum atomic E-state index is 12.6. The molecule has 182 valence electrons. The van der Waals surface area contributed by atoms with Crippen molar-refractivity contribution in [2.75, 3.05) is 46.8 Å². The van der Waals surface area contributed by atoms with E-state index in [1.807, 2.05) is 11.9 Å². The van der Waals surface area contributed by atoms with Gasteiger partial charge in [-0.05, 0) is 31.7 Å². The van der Waals surface area contributed by atoms with Gasteiger partial charge in [-0.1, -0.05) is 6.07 Å². The van der Waals surface area contributed by atoms with Crippen molar-refractivity contribution < 1.29 is 37.3 Å². The van der Waals surface area contributed by atoms with E-state index >= 15 is 0 Å². The molecule has 2 rings (SSSR count). The molecule has 0 aliphatic rings. The number of alkyl halides is 2. The normalized spacial score (nSPS) is 10.8. The maximum Gasteiger partial charge on any atom is 0.387 e. The third-order valence-corrected chi connectivity index (χ3v) is 4.65. The maximum absolute atomic E-state index is 12.6. The Morgan fingerprint density at radius 3 is 2.21 bits per heavy atom. The summed E-state index contributed by atoms with van der Waals surface area (Å²) >= 11 is 0. The molecule has 0 saturated heterocycles. The first-order valence-electron chi connectivity index (χ1n) is 10.3. The molecule has 0 unspecified atom stereocenters. The van der Waals surface area contributed by atoms with Gasteiger partial charge in [0.15, 0.2) is 23.0 Å². The first-order valence-corrected chi connectivity index (χ1v) is 10.3. The molecule has 8 nitrogen and oxygen atoms in total. The lowest BCUT2D eigenvalue weighted by Crippen LogP contribution is -2.24. The van der Waals surface area contributed by atoms with Gasteiger partial charge in [0.25, 0.3) is 0 Å². The molecule has 1 N–H and O–H groups in total. The number of carbonyl (C=O) groups is 1. The number of nitrogens with zero attached hydrogens (tertiary/aromatic N) is 1. The average Bonchev–Trinajstić information content (AvgIpc) is 2.78. The van der Waals surface area contributed by atoms with Crippen LogP contribution in [0.15, 0.2) is 30.3 Å². The fraction of sp³-hybridized carbons (Fsp3) is 0.435. The molecule has 0 heterocycles. The lowest BCUT2D eigenvalue weighted by atomic mass is 10.2. The third kappa shape index (κ3) is 7.67. The Labute approximate surface area is 192 Å². The predicted octanol–water partition coefficient (Wildman–Crippen LogP) is 4.17. The number of hydrogen-bond donors (Lipinski definition) is 1. The highest BCUT2D eigenvalue weighted by Crippen LogP contribution is 2.40. The lowest BCUT2D eigenvalue weighted by Gasteiger charge is -2.18. The fourth-order valence-electron chi connectivity index (χ4n) is 3.17. The number of ether oxygens (including phenoxy) is 5. The monoisotopic (exact) mass is 468 g/mol. The summed E-state index contributed by atoms with van der Waals surface area (Å²) in [5, 5.41) is 2.82. The Bertz CT molecular complexity index is 901. The van der Waals surface area contributed by atoms with E-state index in [4.69, 9.17) is 18.9 Å². The molecular formula is C23H30F2N2O6. The molecule has 0 aliphatic heterocycles. The molecule has 33 heavy (non-hydrogen) atoms. The van der Waals surface area contributed by atoms with E-state index < -0.39 is 6.61 Å². The van der Waals surface area contributed by atoms with Crippen LogP contribution in [0.1, 0.15) is 18.9 Å². The number of carbonyl (C=O) groups excluding carboxylic acids is 1. The van der Waals surface area contributed by atoms with Crippen LogP contribution in [0.3, 0.4) is 0 Å². The minimum atomic E-state index is -2.93. The molecule has 0 fully saturated rings. The summed E-state index contributed by atoms with van der Waals surface area (Å²) in [6.45, 7) is 0.112. The fourth-order valence-corrected chi connectivity index (χ4v) is 3.17. The van der Waals surface area contributed by atoms with Crippen molar-refractivity contribution in [1.82, 2.24) is 4.90 Å². The van der Waals surface area contributed by atoms with Gasteiger partial charge >= 0.3 is 6.61 Å². The number of nitrogens with one attached hydrogen (secondary N) is 1. The minimum Gasteiger partial charge on any atom is -0.493 e. The number of rotatable bonds is 13. The van der Waals surface area contributed by atoms with Crippen LogP contribution in [0, 0.1) is 0 Å². The standard InChI is InChI=1S/C23H30F2N2O6/c1-6-32-18-11-15(7-8-17(18)33-23(24)25)14-27(2)10-9-21(28)26-16-12-19(29-3)22(31-5)20(13-16)30-4/h7-8,11-13,23H,6,9-10,14H2,1-5H3,(H,26,28). The summed E-state index contributed by atoms with van der Waals surface area (Å²) in [5.74, 6) is 1.37. The van der Waals surface area contributed by atoms with E-state index in [2.05, 4.69) is 10.1 Å². The third-order valence-electron chi connectivity index (χ3n) is 4.65. The van der Waals surface area contributed by atoms with Crippen LogP contribution in [0.5, 0.6) is 28.7 Å². The Morgan fingerprint density at radius 2 is 1.67 bits per heavy atom. The molecule has 0 aromatic heterocycles. The summed E-state index contributed by atoms with van der Waals surface area (Å²) in [4.78, 5) is 14.4. The molecule has 1 amide bonds. The van der Waals surface area contributed by atoms with Crippen LogP contribution in [0.25, 0.3) is 0 Å². The zero-order valence-corrected chi connectivity index (χ0v) is 19.4. The predicted molar refractivity (Wildman–Crippen MR) is 120 cm³/mol. The van der Waals surface area contributed by atoms with E-state index in [0.29, 0.717) is 42.6 Å². The summed E-state index contributed by atoms with van der Waals surface area (Å²) < 4.78 is 50.9. The molecule has 0 radical (unpaired) electrons. The molecule has 0 atom stereocenters. The highest BCUT2D eigenvalue weighted by molar-refractivity contribution is 5.91. The van der Waals surface area contributed by atoms with Gasteiger partial charge < -0.3 is 33.9 Å². The molecule has 0 spiro atoms. The van der Waals surface area contributed by atoms with Crippen molar-refractivity contribution in [1.29, 1.82) is 0 Å². The van der Waals surface area contributed by atoms with E-state index in [-0.39, 0.29) is 23.8 Å². The smallest absolute Gasteiger partial charge is 0.387 e. The van der Waals surface area contributed by atoms with Crippen LogP contribution in [0.4, 0.5) is 14.5 Å². The van der Waals surface area contributed by atoms with Crippen molar-refractivity contribution in [2.45, 2.75) is 26.5 Å². The minimum absolute atomic E-state index is 0.0111. The van der Waals surface area contributed by atoms with Crippen LogP contribution in [0.2, 0.25) is 0 Å². The number of amides is 1. The Kier molecular flexibility index (Phi) is 9.99. The summed E-state index contributed by atoms with van der Waals surface area (Å²) in [6, 6.07) is 8.11. The van der Waals surface area contributed by atoms with Crippen molar-refractivity contribution >= 4 is 11.6 Å². The average molecular weight is 468 g/mol. The lowest BCUT2D eigenvalue weighted by molar-refractivity contribution is -0.116. The van der Waals surface area contributed by atoms with E-state index in [1.165, 1.54) is 27.4 Å². The summed E-state index contributed by atoms with van der Waals surface area (Å²) in [7, 11) is 6.36. The van der Waals surface area contributed by atoms with Crippen LogP contribution in [-0.2, 0) is 11.3 Å². The molecular weight excluding hydrogens is 438 g/mol. The zero-order valence-electron chi connectivity index (χ0n) is 19.4. The second-order valence-corrected chi connectivity index (χ2v) is 7.04. The number of halogens is 2. The Hall–Kier alpha value is -3.27. The van der Waals surface area contributed by atoms with Gasteiger partial charge in [-0.3, -0.25) is 4.79 Å². The van der Waals surface area contributed by atoms with Gasteiger partial charge in [0.05, 0.1) is 27.9 Å². The second kappa shape index (κ2) is 12.7. The first kappa shape index (κ1) is 26.0. The number of anilines is 1. The topological polar surface area (TPSA) is 78.5 Å². The van der Waals surface area contributed by atoms with Gasteiger partial charge in [0.1, 0.15) is 0 Å². The second-order valence-electron chi connectivity index (χ2n) is 7.04. The zero-order chi connectivity index (χ0) is 24.4. The van der Waals surface area contributed by atoms with Crippen LogP contribution < -0.4 is 29.0 Å². The number of methoxy groups -OCH3 is 3. The molecule has 10 heteroatoms. The number of benzene rings is 2.